The highest BCUT2D eigenvalue weighted by atomic mass is 15.0. The van der Waals surface area contributed by atoms with Crippen LogP contribution >= 0.6 is 0 Å². The second-order valence-electron chi connectivity index (χ2n) is 17.4. The monoisotopic (exact) mass is 838 g/mol. The van der Waals surface area contributed by atoms with Gasteiger partial charge in [0, 0.05) is 27.5 Å². The van der Waals surface area contributed by atoms with E-state index < -0.39 is 5.41 Å². The van der Waals surface area contributed by atoms with Crippen molar-refractivity contribution in [3.05, 3.63) is 253 Å². The maximum absolute atomic E-state index is 5.05. The highest BCUT2D eigenvalue weighted by molar-refractivity contribution is 6.14. The Labute approximate surface area is 381 Å². The minimum Gasteiger partial charge on any atom is -0.309 e. The van der Waals surface area contributed by atoms with Gasteiger partial charge in [-0.3, -0.25) is 0 Å². The van der Waals surface area contributed by atoms with Crippen LogP contribution in [0, 0.1) is 0 Å². The summed E-state index contributed by atoms with van der Waals surface area (Å²) in [4.78, 5) is 15.0. The Hall–Kier alpha value is -8.73. The van der Waals surface area contributed by atoms with Crippen molar-refractivity contribution in [2.45, 2.75) is 5.41 Å². The van der Waals surface area contributed by atoms with Crippen LogP contribution in [0.5, 0.6) is 0 Å². The molecule has 2 aliphatic rings. The van der Waals surface area contributed by atoms with Gasteiger partial charge in [0.2, 0.25) is 0 Å². The van der Waals surface area contributed by atoms with Crippen molar-refractivity contribution in [3.63, 3.8) is 0 Å². The van der Waals surface area contributed by atoms with Crippen LogP contribution in [0.15, 0.2) is 231 Å². The van der Waals surface area contributed by atoms with Crippen molar-refractivity contribution in [2.24, 2.45) is 0 Å². The van der Waals surface area contributed by atoms with Crippen molar-refractivity contribution in [1.29, 1.82) is 0 Å². The lowest BCUT2D eigenvalue weighted by atomic mass is 9.65. The molecule has 4 nitrogen and oxygen atoms in total. The Bertz CT molecular complexity index is 3870. The van der Waals surface area contributed by atoms with Gasteiger partial charge in [-0.2, -0.15) is 0 Å². The van der Waals surface area contributed by atoms with Crippen LogP contribution in [0.2, 0.25) is 0 Å². The summed E-state index contributed by atoms with van der Waals surface area (Å²) in [6.45, 7) is 0. The van der Waals surface area contributed by atoms with E-state index in [2.05, 4.69) is 174 Å². The molecule has 12 aromatic rings. The number of fused-ring (bicyclic) bond motifs is 13. The number of aromatic nitrogens is 4. The number of nitrogens with zero attached hydrogens (tertiary/aromatic N) is 4. The standard InChI is InChI=1S/C62H38N4/c1-3-18-41(19-4-1)59-63-60(42-20-5-2-6-21-42)65-61(64-59)43-35-33-40(34-36-43)56-44-22-8-7-17-39(44)37-38-47(56)46-25-15-29-52-57(46)49-24-9-11-27-50(49)62(52)51-28-12-14-32-55(51)66-54-31-13-10-23-45(54)48-26-16-30-53(62)58(48)66/h1-38H. The van der Waals surface area contributed by atoms with Gasteiger partial charge in [-0.25, -0.2) is 15.0 Å². The first-order chi connectivity index (χ1) is 32.8. The number of hydrogen-bond acceptors (Lipinski definition) is 3. The van der Waals surface area contributed by atoms with E-state index in [1.165, 1.54) is 88.3 Å². The molecule has 1 aliphatic carbocycles. The van der Waals surface area contributed by atoms with Crippen LogP contribution in [0.25, 0.3) is 106 Å². The van der Waals surface area contributed by atoms with Crippen LogP contribution < -0.4 is 0 Å². The van der Waals surface area contributed by atoms with Gasteiger partial charge < -0.3 is 4.57 Å². The topological polar surface area (TPSA) is 43.6 Å². The van der Waals surface area contributed by atoms with Gasteiger partial charge in [-0.05, 0) is 78.5 Å². The molecule has 0 radical (unpaired) electrons. The third-order valence-corrected chi connectivity index (χ3v) is 14.1. The van der Waals surface area contributed by atoms with Gasteiger partial charge in [0.1, 0.15) is 0 Å². The molecule has 66 heavy (non-hydrogen) atoms. The average Bonchev–Trinajstić information content (AvgIpc) is 3.89. The van der Waals surface area contributed by atoms with E-state index in [4.69, 9.17) is 15.0 Å². The molecule has 0 N–H and O–H groups in total. The van der Waals surface area contributed by atoms with Crippen molar-refractivity contribution < 1.29 is 0 Å². The van der Waals surface area contributed by atoms with Crippen molar-refractivity contribution in [1.82, 2.24) is 19.5 Å². The molecule has 2 aromatic heterocycles. The van der Waals surface area contributed by atoms with E-state index in [1.807, 2.05) is 60.7 Å². The lowest BCUT2D eigenvalue weighted by Gasteiger charge is -2.39. The SMILES string of the molecule is c1ccc(-c2nc(-c3ccccc3)nc(-c3ccc(-c4c(-c5cccc6c5-c5ccccc5C65c6ccccc6-n6c7ccccc7c7cccc5c76)ccc5ccccc45)cc3)n2)cc1. The third-order valence-electron chi connectivity index (χ3n) is 14.1. The Morgan fingerprint density at radius 3 is 1.58 bits per heavy atom. The summed E-state index contributed by atoms with van der Waals surface area (Å²) in [6, 6.07) is 83.6. The predicted molar refractivity (Wildman–Crippen MR) is 270 cm³/mol. The normalized spacial score (nSPS) is 14.4. The molecule has 1 aliphatic heterocycles. The van der Waals surface area contributed by atoms with Gasteiger partial charge in [-0.15, -0.1) is 0 Å². The molecule has 0 fully saturated rings. The molecule has 306 valence electrons. The number of para-hydroxylation sites is 3. The minimum atomic E-state index is -0.539. The molecule has 0 saturated carbocycles. The van der Waals surface area contributed by atoms with Crippen LogP contribution in [-0.2, 0) is 5.41 Å². The quantitative estimate of drug-likeness (QED) is 0.173. The molecule has 1 unspecified atom stereocenters. The highest BCUT2D eigenvalue weighted by Crippen LogP contribution is 2.62. The highest BCUT2D eigenvalue weighted by Gasteiger charge is 2.51. The maximum Gasteiger partial charge on any atom is 0.164 e. The lowest BCUT2D eigenvalue weighted by molar-refractivity contribution is 0.748. The number of rotatable bonds is 5. The van der Waals surface area contributed by atoms with Crippen molar-refractivity contribution in [2.75, 3.05) is 0 Å². The third kappa shape index (κ3) is 5.12. The largest absolute Gasteiger partial charge is 0.309 e. The summed E-state index contributed by atoms with van der Waals surface area (Å²) < 4.78 is 2.51. The molecular formula is C62H38N4. The number of hydrogen-bond donors (Lipinski definition) is 0. The molecular weight excluding hydrogens is 801 g/mol. The van der Waals surface area contributed by atoms with E-state index in [0.717, 1.165) is 22.3 Å². The van der Waals surface area contributed by atoms with E-state index in [-0.39, 0.29) is 0 Å². The zero-order valence-corrected chi connectivity index (χ0v) is 35.7. The van der Waals surface area contributed by atoms with Crippen molar-refractivity contribution in [3.8, 4) is 73.2 Å². The second-order valence-corrected chi connectivity index (χ2v) is 17.4. The molecule has 10 aromatic carbocycles. The Morgan fingerprint density at radius 2 is 0.818 bits per heavy atom. The zero-order chi connectivity index (χ0) is 43.3. The fraction of sp³-hybridized carbons (Fsp3) is 0.0161. The first-order valence-electron chi connectivity index (χ1n) is 22.6. The fourth-order valence-electron chi connectivity index (χ4n) is 11.4. The maximum atomic E-state index is 5.05. The fourth-order valence-corrected chi connectivity index (χ4v) is 11.4. The van der Waals surface area contributed by atoms with Gasteiger partial charge >= 0.3 is 0 Å². The first-order valence-corrected chi connectivity index (χ1v) is 22.6. The van der Waals surface area contributed by atoms with Gasteiger partial charge in [0.05, 0.1) is 22.1 Å². The predicted octanol–water partition coefficient (Wildman–Crippen LogP) is 15.1. The lowest BCUT2D eigenvalue weighted by Crippen LogP contribution is -2.33. The summed E-state index contributed by atoms with van der Waals surface area (Å²) >= 11 is 0. The van der Waals surface area contributed by atoms with Gasteiger partial charge in [0.15, 0.2) is 17.5 Å². The van der Waals surface area contributed by atoms with E-state index in [9.17, 15) is 0 Å². The van der Waals surface area contributed by atoms with Crippen LogP contribution in [-0.4, -0.2) is 19.5 Å². The van der Waals surface area contributed by atoms with Crippen LogP contribution in [0.4, 0.5) is 0 Å². The molecule has 1 spiro atoms. The first kappa shape index (κ1) is 36.7. The summed E-state index contributed by atoms with van der Waals surface area (Å²) in [5.41, 5.74) is 18.6. The van der Waals surface area contributed by atoms with Crippen molar-refractivity contribution >= 4 is 32.6 Å². The minimum absolute atomic E-state index is 0.539. The smallest absolute Gasteiger partial charge is 0.164 e. The van der Waals surface area contributed by atoms with Crippen LogP contribution in [0.3, 0.4) is 0 Å². The van der Waals surface area contributed by atoms with Gasteiger partial charge in [-0.1, -0.05) is 218 Å². The zero-order valence-electron chi connectivity index (χ0n) is 35.7. The second kappa shape index (κ2) is 14.1. The summed E-state index contributed by atoms with van der Waals surface area (Å²) in [6.07, 6.45) is 0. The summed E-state index contributed by atoms with van der Waals surface area (Å²) in [5, 5.41) is 4.96. The summed E-state index contributed by atoms with van der Waals surface area (Å²) in [7, 11) is 0. The average molecular weight is 839 g/mol. The molecule has 0 amide bonds. The van der Waals surface area contributed by atoms with Crippen LogP contribution in [0.1, 0.15) is 22.3 Å². The van der Waals surface area contributed by atoms with Gasteiger partial charge in [0.25, 0.3) is 0 Å². The Kier molecular flexibility index (Phi) is 7.87. The number of benzene rings is 10. The molecule has 0 saturated heterocycles. The van der Waals surface area contributed by atoms with E-state index >= 15 is 0 Å². The molecule has 0 bridgehead atoms. The molecule has 1 atom stereocenters. The summed E-state index contributed by atoms with van der Waals surface area (Å²) in [5.74, 6) is 1.93. The molecule has 3 heterocycles. The van der Waals surface area contributed by atoms with E-state index in [1.54, 1.807) is 0 Å². The molecule has 14 rings (SSSR count). The molecule has 4 heteroatoms. The Morgan fingerprint density at radius 1 is 0.303 bits per heavy atom. The van der Waals surface area contributed by atoms with E-state index in [0.29, 0.717) is 17.5 Å². The Balaban J connectivity index is 0.990.